The summed E-state index contributed by atoms with van der Waals surface area (Å²) in [5.74, 6) is -0.556. The normalized spacial score (nSPS) is 12.7. The third-order valence-electron chi connectivity index (χ3n) is 2.99. The average Bonchev–Trinajstić information content (AvgIpc) is 2.52. The molecule has 0 saturated carbocycles. The first-order valence-corrected chi connectivity index (χ1v) is 6.38. The molecule has 2 rings (SSSR count). The number of rotatable bonds is 4. The predicted molar refractivity (Wildman–Crippen MR) is 73.2 cm³/mol. The lowest BCUT2D eigenvalue weighted by Crippen LogP contribution is -2.19. The molecule has 0 aromatic heterocycles. The molecule has 2 aromatic carbocycles. The Bertz CT molecular complexity index is 621. The third-order valence-corrected chi connectivity index (χ3v) is 2.99. The van der Waals surface area contributed by atoms with Gasteiger partial charge in [0.2, 0.25) is 0 Å². The zero-order valence-corrected chi connectivity index (χ0v) is 11.6. The Hall–Kier alpha value is -2.34. The van der Waals surface area contributed by atoms with Gasteiger partial charge in [-0.15, -0.1) is 13.2 Å². The van der Waals surface area contributed by atoms with Crippen LogP contribution in [0, 0.1) is 0 Å². The van der Waals surface area contributed by atoms with E-state index >= 15 is 0 Å². The van der Waals surface area contributed by atoms with Crippen LogP contribution in [0.15, 0.2) is 54.6 Å². The van der Waals surface area contributed by atoms with Crippen molar-refractivity contribution < 1.29 is 27.4 Å². The van der Waals surface area contributed by atoms with Gasteiger partial charge in [-0.25, -0.2) is 4.79 Å². The maximum Gasteiger partial charge on any atom is 0.523 e. The van der Waals surface area contributed by atoms with E-state index in [-0.39, 0.29) is 11.1 Å². The third kappa shape index (κ3) is 4.08. The summed E-state index contributed by atoms with van der Waals surface area (Å²) in [6.45, 7) is 0. The van der Waals surface area contributed by atoms with Crippen LogP contribution in [0.3, 0.4) is 0 Å². The Labute approximate surface area is 125 Å². The number of methoxy groups -OCH3 is 1. The van der Waals surface area contributed by atoms with E-state index in [1.54, 1.807) is 30.3 Å². The molecule has 0 amide bonds. The number of hydrogen-bond donors (Lipinski definition) is 0. The molecule has 2 aromatic rings. The Morgan fingerprint density at radius 2 is 1.50 bits per heavy atom. The smallest absolute Gasteiger partial charge is 0.465 e. The first-order valence-electron chi connectivity index (χ1n) is 6.38. The minimum Gasteiger partial charge on any atom is -0.465 e. The molecule has 0 aliphatic carbocycles. The van der Waals surface area contributed by atoms with Gasteiger partial charge in [0.05, 0.1) is 12.7 Å². The lowest BCUT2D eigenvalue weighted by Gasteiger charge is -2.20. The van der Waals surface area contributed by atoms with Crippen molar-refractivity contribution in [1.82, 2.24) is 0 Å². The van der Waals surface area contributed by atoms with Crippen LogP contribution in [0.2, 0.25) is 0 Å². The fourth-order valence-corrected chi connectivity index (χ4v) is 2.00. The Kier molecular flexibility index (Phi) is 4.82. The van der Waals surface area contributed by atoms with Gasteiger partial charge < -0.3 is 4.74 Å². The zero-order valence-electron chi connectivity index (χ0n) is 11.6. The van der Waals surface area contributed by atoms with Crippen molar-refractivity contribution in [2.24, 2.45) is 0 Å². The first kappa shape index (κ1) is 16.0. The Balaban J connectivity index is 2.35. The Morgan fingerprint density at radius 3 is 2.00 bits per heavy atom. The van der Waals surface area contributed by atoms with Gasteiger partial charge in [0.15, 0.2) is 0 Å². The molecule has 22 heavy (non-hydrogen) atoms. The molecule has 6 heteroatoms. The van der Waals surface area contributed by atoms with Crippen molar-refractivity contribution in [3.05, 3.63) is 71.3 Å². The highest BCUT2D eigenvalue weighted by molar-refractivity contribution is 5.89. The molecule has 0 saturated heterocycles. The average molecular weight is 310 g/mol. The quantitative estimate of drug-likeness (QED) is 0.798. The van der Waals surface area contributed by atoms with Crippen molar-refractivity contribution in [2.45, 2.75) is 12.5 Å². The summed E-state index contributed by atoms with van der Waals surface area (Å²) in [6.07, 6.45) is -6.07. The summed E-state index contributed by atoms with van der Waals surface area (Å²) in [5, 5.41) is 0. The topological polar surface area (TPSA) is 35.5 Å². The number of alkyl halides is 3. The molecule has 0 heterocycles. The van der Waals surface area contributed by atoms with E-state index in [0.29, 0.717) is 5.56 Å². The van der Waals surface area contributed by atoms with Crippen molar-refractivity contribution >= 4 is 5.97 Å². The van der Waals surface area contributed by atoms with Gasteiger partial charge in [-0.1, -0.05) is 42.5 Å². The van der Waals surface area contributed by atoms with E-state index in [9.17, 15) is 18.0 Å². The minimum absolute atomic E-state index is 0.255. The standard InChI is InChI=1S/C16H13F3O3/c1-21-15(20)13-9-7-12(8-10-13)14(22-16(17,18)19)11-5-3-2-4-6-11/h2-10,14H,1H3/t14-/m1/s1. The van der Waals surface area contributed by atoms with Gasteiger partial charge in [-0.3, -0.25) is 4.74 Å². The van der Waals surface area contributed by atoms with Crippen LogP contribution < -0.4 is 0 Å². The number of carbonyl (C=O) groups excluding carboxylic acids is 1. The minimum atomic E-state index is -4.78. The van der Waals surface area contributed by atoms with Gasteiger partial charge in [0.25, 0.3) is 0 Å². The van der Waals surface area contributed by atoms with Gasteiger partial charge in [-0.2, -0.15) is 0 Å². The highest BCUT2D eigenvalue weighted by Gasteiger charge is 2.35. The SMILES string of the molecule is COC(=O)c1ccc([C@H](OC(F)(F)F)c2ccccc2)cc1. The lowest BCUT2D eigenvalue weighted by atomic mass is 10.0. The molecular formula is C16H13F3O3. The molecule has 0 spiro atoms. The molecule has 3 nitrogen and oxygen atoms in total. The molecule has 0 aliphatic rings. The van der Waals surface area contributed by atoms with Crippen LogP contribution in [0.1, 0.15) is 27.6 Å². The van der Waals surface area contributed by atoms with Crippen LogP contribution in [-0.4, -0.2) is 19.4 Å². The van der Waals surface area contributed by atoms with E-state index in [4.69, 9.17) is 0 Å². The molecule has 0 radical (unpaired) electrons. The highest BCUT2D eigenvalue weighted by Crippen LogP contribution is 2.33. The predicted octanol–water partition coefficient (Wildman–Crippen LogP) is 4.10. The number of benzene rings is 2. The summed E-state index contributed by atoms with van der Waals surface area (Å²) in [7, 11) is 1.23. The van der Waals surface area contributed by atoms with E-state index in [1.807, 2.05) is 0 Å². The van der Waals surface area contributed by atoms with Crippen LogP contribution in [0.4, 0.5) is 13.2 Å². The fourth-order valence-electron chi connectivity index (χ4n) is 2.00. The van der Waals surface area contributed by atoms with Crippen molar-refractivity contribution in [1.29, 1.82) is 0 Å². The Morgan fingerprint density at radius 1 is 0.955 bits per heavy atom. The second-order valence-electron chi connectivity index (χ2n) is 4.47. The second kappa shape index (κ2) is 6.62. The maximum atomic E-state index is 12.6. The second-order valence-corrected chi connectivity index (χ2v) is 4.47. The molecule has 116 valence electrons. The largest absolute Gasteiger partial charge is 0.523 e. The summed E-state index contributed by atoms with van der Waals surface area (Å²) < 4.78 is 46.7. The van der Waals surface area contributed by atoms with Gasteiger partial charge in [-0.05, 0) is 23.3 Å². The van der Waals surface area contributed by atoms with E-state index in [1.165, 1.54) is 31.4 Å². The number of carbonyl (C=O) groups is 1. The van der Waals surface area contributed by atoms with Gasteiger partial charge in [0, 0.05) is 0 Å². The van der Waals surface area contributed by atoms with Crippen molar-refractivity contribution in [3.63, 3.8) is 0 Å². The van der Waals surface area contributed by atoms with Crippen LogP contribution in [0.25, 0.3) is 0 Å². The summed E-state index contributed by atoms with van der Waals surface area (Å²) in [5.41, 5.74) is 0.909. The lowest BCUT2D eigenvalue weighted by molar-refractivity contribution is -0.339. The molecular weight excluding hydrogens is 297 g/mol. The molecule has 0 aliphatic heterocycles. The summed E-state index contributed by atoms with van der Waals surface area (Å²) >= 11 is 0. The van der Waals surface area contributed by atoms with Crippen molar-refractivity contribution in [2.75, 3.05) is 7.11 Å². The van der Waals surface area contributed by atoms with E-state index in [2.05, 4.69) is 9.47 Å². The number of hydrogen-bond acceptors (Lipinski definition) is 3. The molecule has 0 unspecified atom stereocenters. The highest BCUT2D eigenvalue weighted by atomic mass is 19.4. The van der Waals surface area contributed by atoms with Gasteiger partial charge >= 0.3 is 12.3 Å². The summed E-state index contributed by atoms with van der Waals surface area (Å²) in [6, 6.07) is 13.7. The monoisotopic (exact) mass is 310 g/mol. The maximum absolute atomic E-state index is 12.6. The molecule has 0 fully saturated rings. The molecule has 1 atom stereocenters. The van der Waals surface area contributed by atoms with E-state index in [0.717, 1.165) is 0 Å². The van der Waals surface area contributed by atoms with Crippen molar-refractivity contribution in [3.8, 4) is 0 Å². The zero-order chi connectivity index (χ0) is 16.2. The number of ether oxygens (including phenoxy) is 2. The molecule has 0 bridgehead atoms. The van der Waals surface area contributed by atoms with Crippen LogP contribution >= 0.6 is 0 Å². The number of halogens is 3. The first-order chi connectivity index (χ1) is 10.4. The van der Waals surface area contributed by atoms with Crippen LogP contribution in [0.5, 0.6) is 0 Å². The van der Waals surface area contributed by atoms with Crippen LogP contribution in [-0.2, 0) is 9.47 Å². The van der Waals surface area contributed by atoms with E-state index < -0.39 is 18.4 Å². The number of esters is 1. The van der Waals surface area contributed by atoms with Gasteiger partial charge in [0.1, 0.15) is 6.10 Å². The summed E-state index contributed by atoms with van der Waals surface area (Å²) in [4.78, 5) is 11.4. The molecule has 0 N–H and O–H groups in total. The fraction of sp³-hybridized carbons (Fsp3) is 0.188.